The van der Waals surface area contributed by atoms with E-state index in [-0.39, 0.29) is 26.1 Å². The minimum atomic E-state index is -0.867. The maximum absolute atomic E-state index is 11.6. The van der Waals surface area contributed by atoms with Crippen LogP contribution in [0.3, 0.4) is 0 Å². The van der Waals surface area contributed by atoms with Gasteiger partial charge in [0.2, 0.25) is 0 Å². The van der Waals surface area contributed by atoms with Crippen molar-refractivity contribution in [2.45, 2.75) is 52.4 Å². The molecule has 0 aromatic heterocycles. The molecule has 0 radical (unpaired) electrons. The average Bonchev–Trinajstić information content (AvgIpc) is 2.55. The van der Waals surface area contributed by atoms with Gasteiger partial charge in [-0.3, -0.25) is 19.2 Å². The predicted molar refractivity (Wildman–Crippen MR) is 82.4 cm³/mol. The van der Waals surface area contributed by atoms with Crippen LogP contribution >= 0.6 is 0 Å². The van der Waals surface area contributed by atoms with E-state index in [1.54, 1.807) is 13.8 Å². The Balaban J connectivity index is 4.06. The molecule has 0 aliphatic rings. The van der Waals surface area contributed by atoms with Crippen molar-refractivity contribution in [3.8, 4) is 0 Å². The number of hydrogen-bond acceptors (Lipinski definition) is 8. The van der Waals surface area contributed by atoms with Crippen molar-refractivity contribution < 1.29 is 38.9 Å². The number of aliphatic hydroxyl groups excluding tert-OH is 2. The number of aliphatic hydroxyl groups is 2. The lowest BCUT2D eigenvalue weighted by molar-refractivity contribution is -0.167. The van der Waals surface area contributed by atoms with Gasteiger partial charge < -0.3 is 19.7 Å². The van der Waals surface area contributed by atoms with Gasteiger partial charge in [-0.2, -0.15) is 0 Å². The van der Waals surface area contributed by atoms with Crippen molar-refractivity contribution >= 4 is 23.9 Å². The molecule has 0 spiro atoms. The van der Waals surface area contributed by atoms with Crippen molar-refractivity contribution in [1.29, 1.82) is 0 Å². The molecule has 2 atom stereocenters. The van der Waals surface area contributed by atoms with Gasteiger partial charge in [-0.15, -0.1) is 0 Å². The SMILES string of the molecule is CC(CCCO)C(=O)OC(=O)CCC(=O)OC(=O)C(C)CCCO. The van der Waals surface area contributed by atoms with Gasteiger partial charge in [-0.25, -0.2) is 0 Å². The van der Waals surface area contributed by atoms with Gasteiger partial charge in [-0.05, 0) is 25.7 Å². The first-order chi connectivity index (χ1) is 11.3. The molecule has 24 heavy (non-hydrogen) atoms. The quantitative estimate of drug-likeness (QED) is 0.414. The van der Waals surface area contributed by atoms with Gasteiger partial charge in [0.15, 0.2) is 0 Å². The molecule has 0 aromatic carbocycles. The van der Waals surface area contributed by atoms with Crippen LogP contribution in [0.1, 0.15) is 52.4 Å². The van der Waals surface area contributed by atoms with Crippen LogP contribution in [0.15, 0.2) is 0 Å². The zero-order valence-corrected chi connectivity index (χ0v) is 14.2. The highest BCUT2D eigenvalue weighted by Crippen LogP contribution is 2.10. The fourth-order valence-electron chi connectivity index (χ4n) is 1.76. The van der Waals surface area contributed by atoms with Gasteiger partial charge in [0.1, 0.15) is 0 Å². The van der Waals surface area contributed by atoms with Gasteiger partial charge in [-0.1, -0.05) is 13.8 Å². The van der Waals surface area contributed by atoms with Crippen LogP contribution in [0.4, 0.5) is 0 Å². The summed E-state index contributed by atoms with van der Waals surface area (Å²) in [5, 5.41) is 17.3. The Morgan fingerprint density at radius 2 is 1.08 bits per heavy atom. The molecule has 0 saturated heterocycles. The Labute approximate surface area is 141 Å². The molecule has 8 nitrogen and oxygen atoms in total. The van der Waals surface area contributed by atoms with Crippen molar-refractivity contribution in [3.63, 3.8) is 0 Å². The first-order valence-corrected chi connectivity index (χ1v) is 8.02. The Kier molecular flexibility index (Phi) is 11.7. The molecule has 0 heterocycles. The minimum Gasteiger partial charge on any atom is -0.396 e. The third-order valence-corrected chi connectivity index (χ3v) is 3.36. The zero-order chi connectivity index (χ0) is 18.5. The first kappa shape index (κ1) is 22.2. The summed E-state index contributed by atoms with van der Waals surface area (Å²) in [6, 6.07) is 0. The summed E-state index contributed by atoms with van der Waals surface area (Å²) in [6.45, 7) is 3.04. The van der Waals surface area contributed by atoms with Gasteiger partial charge in [0.05, 0.1) is 24.7 Å². The summed E-state index contributed by atoms with van der Waals surface area (Å²) >= 11 is 0. The van der Waals surface area contributed by atoms with E-state index in [0.29, 0.717) is 25.7 Å². The van der Waals surface area contributed by atoms with E-state index in [1.165, 1.54) is 0 Å². The number of hydrogen-bond donors (Lipinski definition) is 2. The highest BCUT2D eigenvalue weighted by Gasteiger charge is 2.21. The summed E-state index contributed by atoms with van der Waals surface area (Å²) in [5.74, 6) is -4.21. The van der Waals surface area contributed by atoms with E-state index >= 15 is 0 Å². The standard InChI is InChI=1S/C16H26O8/c1-11(5-3-9-17)15(21)23-13(19)7-8-14(20)24-16(22)12(2)6-4-10-18/h11-12,17-18H,3-10H2,1-2H3. The summed E-state index contributed by atoms with van der Waals surface area (Å²) in [5.41, 5.74) is 0. The lowest BCUT2D eigenvalue weighted by atomic mass is 10.1. The predicted octanol–water partition coefficient (Wildman–Crippen LogP) is 0.723. The Bertz CT molecular complexity index is 392. The molecule has 0 rings (SSSR count). The highest BCUT2D eigenvalue weighted by atomic mass is 16.6. The van der Waals surface area contributed by atoms with E-state index in [1.807, 2.05) is 0 Å². The van der Waals surface area contributed by atoms with Gasteiger partial charge >= 0.3 is 23.9 Å². The van der Waals surface area contributed by atoms with Crippen LogP contribution in [0.5, 0.6) is 0 Å². The third-order valence-electron chi connectivity index (χ3n) is 3.36. The second-order valence-electron chi connectivity index (χ2n) is 5.62. The Morgan fingerprint density at radius 3 is 1.38 bits per heavy atom. The normalized spacial score (nSPS) is 13.0. The van der Waals surface area contributed by atoms with E-state index < -0.39 is 35.7 Å². The molecule has 0 amide bonds. The lowest BCUT2D eigenvalue weighted by Crippen LogP contribution is -2.22. The van der Waals surface area contributed by atoms with Crippen molar-refractivity contribution in [2.24, 2.45) is 11.8 Å². The molecular formula is C16H26O8. The fourth-order valence-corrected chi connectivity index (χ4v) is 1.76. The van der Waals surface area contributed by atoms with Crippen molar-refractivity contribution in [3.05, 3.63) is 0 Å². The maximum Gasteiger partial charge on any atom is 0.316 e. The molecule has 8 heteroatoms. The summed E-state index contributed by atoms with van der Waals surface area (Å²) in [4.78, 5) is 46.1. The van der Waals surface area contributed by atoms with Crippen molar-refractivity contribution in [1.82, 2.24) is 0 Å². The smallest absolute Gasteiger partial charge is 0.316 e. The fraction of sp³-hybridized carbons (Fsp3) is 0.750. The van der Waals surface area contributed by atoms with Crippen LogP contribution in [-0.4, -0.2) is 47.3 Å². The zero-order valence-electron chi connectivity index (χ0n) is 14.2. The Morgan fingerprint density at radius 1 is 0.750 bits per heavy atom. The molecule has 0 bridgehead atoms. The van der Waals surface area contributed by atoms with E-state index in [4.69, 9.17) is 10.2 Å². The number of rotatable bonds is 11. The number of ether oxygens (including phenoxy) is 2. The molecule has 2 unspecified atom stereocenters. The van der Waals surface area contributed by atoms with Crippen LogP contribution < -0.4 is 0 Å². The van der Waals surface area contributed by atoms with Crippen LogP contribution in [0.2, 0.25) is 0 Å². The second kappa shape index (κ2) is 12.6. The molecule has 0 aromatic rings. The molecule has 0 saturated carbocycles. The van der Waals surface area contributed by atoms with E-state index in [0.717, 1.165) is 0 Å². The average molecular weight is 346 g/mol. The Hall–Kier alpha value is -1.80. The van der Waals surface area contributed by atoms with Crippen LogP contribution in [0, 0.1) is 11.8 Å². The van der Waals surface area contributed by atoms with Crippen molar-refractivity contribution in [2.75, 3.05) is 13.2 Å². The highest BCUT2D eigenvalue weighted by molar-refractivity contribution is 5.90. The van der Waals surface area contributed by atoms with E-state index in [2.05, 4.69) is 9.47 Å². The molecule has 0 fully saturated rings. The monoisotopic (exact) mass is 346 g/mol. The summed E-state index contributed by atoms with van der Waals surface area (Å²) in [6.07, 6.45) is 0.904. The topological polar surface area (TPSA) is 127 Å². The molecule has 0 aliphatic heterocycles. The largest absolute Gasteiger partial charge is 0.396 e. The third kappa shape index (κ3) is 10.1. The lowest BCUT2D eigenvalue weighted by Gasteiger charge is -2.10. The summed E-state index contributed by atoms with van der Waals surface area (Å²) in [7, 11) is 0. The van der Waals surface area contributed by atoms with Crippen LogP contribution in [-0.2, 0) is 28.7 Å². The minimum absolute atomic E-state index is 0.0534. The first-order valence-electron chi connectivity index (χ1n) is 8.02. The number of esters is 4. The van der Waals surface area contributed by atoms with Gasteiger partial charge in [0.25, 0.3) is 0 Å². The summed E-state index contributed by atoms with van der Waals surface area (Å²) < 4.78 is 9.17. The molecule has 138 valence electrons. The van der Waals surface area contributed by atoms with E-state index in [9.17, 15) is 19.2 Å². The molecule has 2 N–H and O–H groups in total. The molecule has 0 aliphatic carbocycles. The van der Waals surface area contributed by atoms with Crippen LogP contribution in [0.25, 0.3) is 0 Å². The second-order valence-corrected chi connectivity index (χ2v) is 5.62. The number of carbonyl (C=O) groups excluding carboxylic acids is 4. The maximum atomic E-state index is 11.6. The molecular weight excluding hydrogens is 320 g/mol. The number of carbonyl (C=O) groups is 4. The van der Waals surface area contributed by atoms with Gasteiger partial charge in [0, 0.05) is 13.2 Å².